The topological polar surface area (TPSA) is 127 Å². The van der Waals surface area contributed by atoms with Crippen molar-refractivity contribution in [3.8, 4) is 0 Å². The summed E-state index contributed by atoms with van der Waals surface area (Å²) in [6, 6.07) is 8.42. The SMILES string of the molecule is NC(=Nc1ccc(S(=O)N2CCOCC2)cc1)c1c(N)cc[nH]c1=O. The first-order valence-corrected chi connectivity index (χ1v) is 8.83. The Morgan fingerprint density at radius 1 is 1.20 bits per heavy atom. The lowest BCUT2D eigenvalue weighted by Gasteiger charge is -2.25. The first kappa shape index (κ1) is 17.3. The number of pyridine rings is 1. The van der Waals surface area contributed by atoms with Gasteiger partial charge in [-0.1, -0.05) is 0 Å². The van der Waals surface area contributed by atoms with E-state index in [-0.39, 0.29) is 17.1 Å². The van der Waals surface area contributed by atoms with Crippen molar-refractivity contribution in [2.75, 3.05) is 32.0 Å². The van der Waals surface area contributed by atoms with Crippen molar-refractivity contribution in [1.82, 2.24) is 9.29 Å². The fourth-order valence-corrected chi connectivity index (χ4v) is 3.60. The van der Waals surface area contributed by atoms with Gasteiger partial charge in [0, 0.05) is 25.0 Å². The molecule has 1 fully saturated rings. The van der Waals surface area contributed by atoms with Gasteiger partial charge in [-0.05, 0) is 30.3 Å². The third kappa shape index (κ3) is 3.95. The molecule has 9 heteroatoms. The van der Waals surface area contributed by atoms with Crippen LogP contribution in [0.15, 0.2) is 51.2 Å². The number of aliphatic imine (C=N–C) groups is 1. The summed E-state index contributed by atoms with van der Waals surface area (Å²) in [4.78, 5) is 19.3. The van der Waals surface area contributed by atoms with Crippen LogP contribution in [-0.4, -0.2) is 45.6 Å². The standard InChI is InChI=1S/C16H19N5O3S/c17-13-5-6-19-16(22)14(13)15(18)20-11-1-3-12(4-2-11)25(23)21-7-9-24-10-8-21/h1-6H,7-10H2,(H2,18,20)(H3,17,19,22). The average Bonchev–Trinajstić information content (AvgIpc) is 2.62. The third-order valence-electron chi connectivity index (χ3n) is 3.74. The Kier molecular flexibility index (Phi) is 5.27. The molecule has 0 spiro atoms. The van der Waals surface area contributed by atoms with Crippen LogP contribution in [0.1, 0.15) is 5.56 Å². The molecular weight excluding hydrogens is 342 g/mol. The van der Waals surface area contributed by atoms with Gasteiger partial charge in [-0.15, -0.1) is 0 Å². The molecule has 1 aliphatic rings. The van der Waals surface area contributed by atoms with Gasteiger partial charge in [-0.2, -0.15) is 0 Å². The van der Waals surface area contributed by atoms with E-state index in [0.717, 1.165) is 0 Å². The molecule has 1 saturated heterocycles. The molecule has 1 atom stereocenters. The lowest BCUT2D eigenvalue weighted by atomic mass is 10.2. The molecule has 3 rings (SSSR count). The predicted octanol–water partition coefficient (Wildman–Crippen LogP) is 0.349. The Hall–Kier alpha value is -2.49. The summed E-state index contributed by atoms with van der Waals surface area (Å²) < 4.78 is 19.6. The normalized spacial score (nSPS) is 17.4. The summed E-state index contributed by atoms with van der Waals surface area (Å²) in [5.41, 5.74) is 12.2. The number of hydrogen-bond acceptors (Lipinski definition) is 5. The van der Waals surface area contributed by atoms with Crippen LogP contribution in [-0.2, 0) is 15.7 Å². The highest BCUT2D eigenvalue weighted by molar-refractivity contribution is 7.82. The maximum absolute atomic E-state index is 12.5. The molecule has 1 aliphatic heterocycles. The molecule has 25 heavy (non-hydrogen) atoms. The minimum absolute atomic E-state index is 0.0291. The molecule has 1 aromatic heterocycles. The van der Waals surface area contributed by atoms with E-state index in [9.17, 15) is 9.00 Å². The number of morpholine rings is 1. The van der Waals surface area contributed by atoms with Crippen LogP contribution >= 0.6 is 0 Å². The number of ether oxygens (including phenoxy) is 1. The zero-order valence-electron chi connectivity index (χ0n) is 13.5. The summed E-state index contributed by atoms with van der Waals surface area (Å²) in [5, 5.41) is 0. The number of nitrogen functional groups attached to an aromatic ring is 1. The third-order valence-corrected chi connectivity index (χ3v) is 5.25. The number of amidine groups is 1. The van der Waals surface area contributed by atoms with Gasteiger partial charge in [-0.25, -0.2) is 13.5 Å². The summed E-state index contributed by atoms with van der Waals surface area (Å²) >= 11 is 0. The number of rotatable bonds is 4. The lowest BCUT2D eigenvalue weighted by molar-refractivity contribution is 0.0752. The van der Waals surface area contributed by atoms with Gasteiger partial charge in [0.15, 0.2) is 0 Å². The van der Waals surface area contributed by atoms with Gasteiger partial charge in [0.1, 0.15) is 22.4 Å². The van der Waals surface area contributed by atoms with Crippen LogP contribution in [0.4, 0.5) is 11.4 Å². The quantitative estimate of drug-likeness (QED) is 0.535. The Bertz CT molecular complexity index is 857. The molecule has 2 aromatic rings. The summed E-state index contributed by atoms with van der Waals surface area (Å²) in [6.07, 6.45) is 1.45. The Morgan fingerprint density at radius 3 is 2.52 bits per heavy atom. The van der Waals surface area contributed by atoms with E-state index >= 15 is 0 Å². The van der Waals surface area contributed by atoms with E-state index in [2.05, 4.69) is 9.98 Å². The van der Waals surface area contributed by atoms with Crippen molar-refractivity contribution >= 4 is 28.2 Å². The number of aromatic nitrogens is 1. The van der Waals surface area contributed by atoms with Crippen molar-refractivity contribution in [3.05, 3.63) is 52.4 Å². The molecule has 0 saturated carbocycles. The molecule has 5 N–H and O–H groups in total. The van der Waals surface area contributed by atoms with Crippen molar-refractivity contribution in [2.45, 2.75) is 4.90 Å². The smallest absolute Gasteiger partial charge is 0.261 e. The van der Waals surface area contributed by atoms with Crippen molar-refractivity contribution in [1.29, 1.82) is 0 Å². The van der Waals surface area contributed by atoms with Gasteiger partial charge in [-0.3, -0.25) is 4.79 Å². The van der Waals surface area contributed by atoms with Crippen LogP contribution in [0.5, 0.6) is 0 Å². The number of nitrogens with one attached hydrogen (secondary N) is 1. The summed E-state index contributed by atoms with van der Waals surface area (Å²) in [5.74, 6) is 0.0291. The van der Waals surface area contributed by atoms with Crippen LogP contribution in [0.3, 0.4) is 0 Å². The Morgan fingerprint density at radius 2 is 1.88 bits per heavy atom. The molecular formula is C16H19N5O3S. The van der Waals surface area contributed by atoms with Crippen LogP contribution < -0.4 is 17.0 Å². The van der Waals surface area contributed by atoms with E-state index < -0.39 is 16.5 Å². The zero-order chi connectivity index (χ0) is 17.8. The fraction of sp³-hybridized carbons (Fsp3) is 0.250. The monoisotopic (exact) mass is 361 g/mol. The lowest BCUT2D eigenvalue weighted by Crippen LogP contribution is -2.37. The Balaban J connectivity index is 1.80. The molecule has 0 radical (unpaired) electrons. The maximum atomic E-state index is 12.5. The maximum Gasteiger partial charge on any atom is 0.261 e. The van der Waals surface area contributed by atoms with E-state index in [4.69, 9.17) is 16.2 Å². The molecule has 1 unspecified atom stereocenters. The van der Waals surface area contributed by atoms with Gasteiger partial charge in [0.05, 0.1) is 23.8 Å². The van der Waals surface area contributed by atoms with Gasteiger partial charge < -0.3 is 21.2 Å². The number of hydrogen-bond donors (Lipinski definition) is 3. The van der Waals surface area contributed by atoms with Gasteiger partial charge in [0.2, 0.25) is 0 Å². The second kappa shape index (κ2) is 7.60. The highest BCUT2D eigenvalue weighted by Gasteiger charge is 2.18. The van der Waals surface area contributed by atoms with Crippen LogP contribution in [0.2, 0.25) is 0 Å². The van der Waals surface area contributed by atoms with E-state index in [0.29, 0.717) is 36.9 Å². The number of benzene rings is 1. The first-order valence-electron chi connectivity index (χ1n) is 7.72. The number of anilines is 1. The van der Waals surface area contributed by atoms with Crippen LogP contribution in [0, 0.1) is 0 Å². The average molecular weight is 361 g/mol. The van der Waals surface area contributed by atoms with E-state index in [1.54, 1.807) is 30.3 Å². The number of nitrogens with zero attached hydrogens (tertiary/aromatic N) is 2. The molecule has 8 nitrogen and oxygen atoms in total. The zero-order valence-corrected chi connectivity index (χ0v) is 14.3. The first-order chi connectivity index (χ1) is 12.1. The summed E-state index contributed by atoms with van der Waals surface area (Å²) in [6.45, 7) is 2.43. The highest BCUT2D eigenvalue weighted by atomic mass is 32.2. The van der Waals surface area contributed by atoms with E-state index in [1.165, 1.54) is 6.20 Å². The molecule has 0 aliphatic carbocycles. The van der Waals surface area contributed by atoms with Crippen molar-refractivity contribution < 1.29 is 8.95 Å². The largest absolute Gasteiger partial charge is 0.398 e. The molecule has 0 amide bonds. The minimum Gasteiger partial charge on any atom is -0.398 e. The second-order valence-corrected chi connectivity index (χ2v) is 6.90. The number of H-pyrrole nitrogens is 1. The van der Waals surface area contributed by atoms with Crippen molar-refractivity contribution in [3.63, 3.8) is 0 Å². The van der Waals surface area contributed by atoms with Gasteiger partial charge in [0.25, 0.3) is 5.56 Å². The molecule has 132 valence electrons. The fourth-order valence-electron chi connectivity index (χ4n) is 2.45. The predicted molar refractivity (Wildman–Crippen MR) is 97.1 cm³/mol. The van der Waals surface area contributed by atoms with Crippen molar-refractivity contribution in [2.24, 2.45) is 10.7 Å². The van der Waals surface area contributed by atoms with Crippen LogP contribution in [0.25, 0.3) is 0 Å². The van der Waals surface area contributed by atoms with Gasteiger partial charge >= 0.3 is 0 Å². The van der Waals surface area contributed by atoms with E-state index in [1.807, 2.05) is 4.31 Å². The number of nitrogens with two attached hydrogens (primary N) is 2. The second-order valence-electron chi connectivity index (χ2n) is 5.42. The number of aromatic amines is 1. The Labute approximate surface area is 147 Å². The molecule has 2 heterocycles. The molecule has 0 bridgehead atoms. The summed E-state index contributed by atoms with van der Waals surface area (Å²) in [7, 11) is -1.24. The molecule has 1 aromatic carbocycles. The highest BCUT2D eigenvalue weighted by Crippen LogP contribution is 2.19. The minimum atomic E-state index is -1.24.